The molecule has 0 aliphatic carbocycles. The number of furan rings is 1. The molecule has 0 saturated carbocycles. The Morgan fingerprint density at radius 2 is 2.22 bits per heavy atom. The second kappa shape index (κ2) is 5.42. The van der Waals surface area contributed by atoms with Gasteiger partial charge in [0.25, 0.3) is 0 Å². The van der Waals surface area contributed by atoms with Crippen molar-refractivity contribution in [1.29, 1.82) is 0 Å². The van der Waals surface area contributed by atoms with Gasteiger partial charge in [0.1, 0.15) is 11.5 Å². The average molecular weight is 264 g/mol. The molecule has 0 spiro atoms. The zero-order chi connectivity index (χ0) is 13.0. The summed E-state index contributed by atoms with van der Waals surface area (Å²) in [6, 6.07) is 7.94. The first kappa shape index (κ1) is 12.3. The Kier molecular flexibility index (Phi) is 3.69. The van der Waals surface area contributed by atoms with E-state index in [1.54, 1.807) is 24.3 Å². The van der Waals surface area contributed by atoms with E-state index in [0.717, 1.165) is 0 Å². The number of carbonyl (C=O) groups is 1. The van der Waals surface area contributed by atoms with E-state index in [2.05, 4.69) is 5.32 Å². The van der Waals surface area contributed by atoms with Crippen LogP contribution in [0.25, 0.3) is 6.08 Å². The van der Waals surface area contributed by atoms with Gasteiger partial charge in [-0.1, -0.05) is 11.6 Å². The molecule has 0 atom stereocenters. The van der Waals surface area contributed by atoms with E-state index in [0.29, 0.717) is 11.4 Å². The minimum absolute atomic E-state index is 0.0792. The van der Waals surface area contributed by atoms with Crippen molar-refractivity contribution in [2.24, 2.45) is 0 Å². The Hall–Kier alpha value is -2.20. The molecule has 1 aromatic heterocycles. The third-order valence-electron chi connectivity index (χ3n) is 2.16. The van der Waals surface area contributed by atoms with Crippen LogP contribution in [0.2, 0.25) is 5.02 Å². The molecule has 0 bridgehead atoms. The summed E-state index contributed by atoms with van der Waals surface area (Å²) in [5, 5.41) is 12.2. The Morgan fingerprint density at radius 3 is 2.89 bits per heavy atom. The van der Waals surface area contributed by atoms with Crippen LogP contribution in [0, 0.1) is 0 Å². The maximum Gasteiger partial charge on any atom is 0.248 e. The molecule has 2 N–H and O–H groups in total. The maximum absolute atomic E-state index is 11.5. The lowest BCUT2D eigenvalue weighted by Gasteiger charge is -2.03. The third-order valence-corrected chi connectivity index (χ3v) is 2.48. The predicted octanol–water partition coefficient (Wildman–Crippen LogP) is 3.29. The van der Waals surface area contributed by atoms with E-state index < -0.39 is 0 Å². The van der Waals surface area contributed by atoms with Gasteiger partial charge in [-0.15, -0.1) is 0 Å². The van der Waals surface area contributed by atoms with Crippen molar-refractivity contribution in [3.8, 4) is 5.75 Å². The first-order valence-corrected chi connectivity index (χ1v) is 5.54. The molecule has 5 heteroatoms. The molecule has 1 heterocycles. The summed E-state index contributed by atoms with van der Waals surface area (Å²) in [7, 11) is 0. The van der Waals surface area contributed by atoms with Crippen molar-refractivity contribution in [2.75, 3.05) is 5.32 Å². The fourth-order valence-electron chi connectivity index (χ4n) is 1.32. The SMILES string of the molecule is O=C(C=Cc1ccco1)Nc1ccc(Cl)c(O)c1. The van der Waals surface area contributed by atoms with Crippen molar-refractivity contribution >= 4 is 29.3 Å². The maximum atomic E-state index is 11.5. The topological polar surface area (TPSA) is 62.5 Å². The standard InChI is InChI=1S/C13H10ClNO3/c14-11-5-3-9(8-12(11)16)15-13(17)6-4-10-2-1-7-18-10/h1-8,16H,(H,15,17). The highest BCUT2D eigenvalue weighted by Crippen LogP contribution is 2.26. The molecule has 0 saturated heterocycles. The van der Waals surface area contributed by atoms with Crippen LogP contribution >= 0.6 is 11.6 Å². The molecular weight excluding hydrogens is 254 g/mol. The first-order chi connectivity index (χ1) is 8.65. The summed E-state index contributed by atoms with van der Waals surface area (Å²) >= 11 is 5.66. The van der Waals surface area contributed by atoms with E-state index in [4.69, 9.17) is 16.0 Å². The molecule has 0 unspecified atom stereocenters. The van der Waals surface area contributed by atoms with E-state index in [1.165, 1.54) is 24.5 Å². The number of hydrogen-bond acceptors (Lipinski definition) is 3. The van der Waals surface area contributed by atoms with Gasteiger partial charge < -0.3 is 14.8 Å². The van der Waals surface area contributed by atoms with E-state index in [-0.39, 0.29) is 16.7 Å². The normalized spacial score (nSPS) is 10.7. The summed E-state index contributed by atoms with van der Waals surface area (Å²) in [4.78, 5) is 11.5. The van der Waals surface area contributed by atoms with Crippen LogP contribution in [0.5, 0.6) is 5.75 Å². The van der Waals surface area contributed by atoms with Crippen molar-refractivity contribution in [3.05, 3.63) is 53.5 Å². The van der Waals surface area contributed by atoms with Crippen LogP contribution < -0.4 is 5.32 Å². The highest BCUT2D eigenvalue weighted by molar-refractivity contribution is 6.32. The van der Waals surface area contributed by atoms with Gasteiger partial charge in [0, 0.05) is 17.8 Å². The van der Waals surface area contributed by atoms with Gasteiger partial charge in [0.2, 0.25) is 5.91 Å². The number of benzene rings is 1. The Balaban J connectivity index is 2.01. The van der Waals surface area contributed by atoms with Crippen molar-refractivity contribution in [2.45, 2.75) is 0 Å². The number of phenolic OH excluding ortho intramolecular Hbond substituents is 1. The predicted molar refractivity (Wildman–Crippen MR) is 69.5 cm³/mol. The Bertz CT molecular complexity index is 576. The Morgan fingerprint density at radius 1 is 1.39 bits per heavy atom. The summed E-state index contributed by atoms with van der Waals surface area (Å²) in [6.07, 6.45) is 4.41. The summed E-state index contributed by atoms with van der Waals surface area (Å²) in [5.74, 6) is 0.182. The van der Waals surface area contributed by atoms with E-state index >= 15 is 0 Å². The van der Waals surface area contributed by atoms with E-state index in [9.17, 15) is 9.90 Å². The van der Waals surface area contributed by atoms with Crippen LogP contribution in [0.15, 0.2) is 47.1 Å². The van der Waals surface area contributed by atoms with Crippen LogP contribution in [0.3, 0.4) is 0 Å². The number of amides is 1. The van der Waals surface area contributed by atoms with Gasteiger partial charge in [0.05, 0.1) is 11.3 Å². The minimum Gasteiger partial charge on any atom is -0.506 e. The van der Waals surface area contributed by atoms with Crippen molar-refractivity contribution in [1.82, 2.24) is 0 Å². The lowest BCUT2D eigenvalue weighted by Crippen LogP contribution is -2.07. The molecule has 18 heavy (non-hydrogen) atoms. The number of phenols is 1. The summed E-state index contributed by atoms with van der Waals surface area (Å²) in [6.45, 7) is 0. The van der Waals surface area contributed by atoms with Gasteiger partial charge in [0.15, 0.2) is 0 Å². The molecular formula is C13H10ClNO3. The second-order valence-electron chi connectivity index (χ2n) is 3.50. The largest absolute Gasteiger partial charge is 0.506 e. The lowest BCUT2D eigenvalue weighted by atomic mass is 10.3. The zero-order valence-electron chi connectivity index (χ0n) is 9.26. The van der Waals surface area contributed by atoms with E-state index in [1.807, 2.05) is 0 Å². The van der Waals surface area contributed by atoms with Crippen LogP contribution in [-0.2, 0) is 4.79 Å². The molecule has 2 rings (SSSR count). The van der Waals surface area contributed by atoms with Crippen LogP contribution in [-0.4, -0.2) is 11.0 Å². The summed E-state index contributed by atoms with van der Waals surface area (Å²) in [5.41, 5.74) is 0.464. The van der Waals surface area contributed by atoms with Gasteiger partial charge in [-0.3, -0.25) is 4.79 Å². The van der Waals surface area contributed by atoms with Crippen LogP contribution in [0.1, 0.15) is 5.76 Å². The fourth-order valence-corrected chi connectivity index (χ4v) is 1.44. The number of anilines is 1. The highest BCUT2D eigenvalue weighted by atomic mass is 35.5. The zero-order valence-corrected chi connectivity index (χ0v) is 10.0. The second-order valence-corrected chi connectivity index (χ2v) is 3.91. The fraction of sp³-hybridized carbons (Fsp3) is 0. The molecule has 0 aliphatic rings. The van der Waals surface area contributed by atoms with Gasteiger partial charge in [-0.05, 0) is 30.3 Å². The van der Waals surface area contributed by atoms with Crippen molar-refractivity contribution < 1.29 is 14.3 Å². The lowest BCUT2D eigenvalue weighted by molar-refractivity contribution is -0.111. The van der Waals surface area contributed by atoms with Gasteiger partial charge in [-0.2, -0.15) is 0 Å². The average Bonchev–Trinajstić information content (AvgIpc) is 2.84. The molecule has 1 amide bonds. The number of carbonyl (C=O) groups excluding carboxylic acids is 1. The minimum atomic E-state index is -0.326. The van der Waals surface area contributed by atoms with Gasteiger partial charge >= 0.3 is 0 Å². The molecule has 0 fully saturated rings. The molecule has 2 aromatic rings. The van der Waals surface area contributed by atoms with Crippen LogP contribution in [0.4, 0.5) is 5.69 Å². The third kappa shape index (κ3) is 3.15. The summed E-state index contributed by atoms with van der Waals surface area (Å²) < 4.78 is 5.04. The number of aromatic hydroxyl groups is 1. The number of hydrogen-bond donors (Lipinski definition) is 2. The van der Waals surface area contributed by atoms with Crippen molar-refractivity contribution in [3.63, 3.8) is 0 Å². The highest BCUT2D eigenvalue weighted by Gasteiger charge is 2.02. The molecule has 4 nitrogen and oxygen atoms in total. The number of nitrogens with one attached hydrogen (secondary N) is 1. The molecule has 92 valence electrons. The molecule has 1 aromatic carbocycles. The quantitative estimate of drug-likeness (QED) is 0.835. The Labute approximate surface area is 108 Å². The number of rotatable bonds is 3. The van der Waals surface area contributed by atoms with Gasteiger partial charge in [-0.25, -0.2) is 0 Å². The molecule has 0 aliphatic heterocycles. The monoisotopic (exact) mass is 263 g/mol. The molecule has 0 radical (unpaired) electrons. The smallest absolute Gasteiger partial charge is 0.248 e. The first-order valence-electron chi connectivity index (χ1n) is 5.16. The number of halogens is 1.